The van der Waals surface area contributed by atoms with E-state index in [-0.39, 0.29) is 0 Å². The van der Waals surface area contributed by atoms with E-state index in [1.54, 1.807) is 0 Å². The zero-order chi connectivity index (χ0) is 14.2. The first kappa shape index (κ1) is 14.3. The van der Waals surface area contributed by atoms with Gasteiger partial charge in [0.15, 0.2) is 0 Å². The smallest absolute Gasteiger partial charge is 0.0960 e. The fourth-order valence-corrected chi connectivity index (χ4v) is 2.08. The minimum atomic E-state index is -0.760. The van der Waals surface area contributed by atoms with Gasteiger partial charge < -0.3 is 10.4 Å². The molecule has 2 aromatic rings. The van der Waals surface area contributed by atoms with Crippen molar-refractivity contribution in [3.8, 4) is 6.07 Å². The van der Waals surface area contributed by atoms with Crippen LogP contribution >= 0.6 is 0 Å². The highest BCUT2D eigenvalue weighted by Gasteiger charge is 2.19. The number of benzene rings is 2. The second-order valence-electron chi connectivity index (χ2n) is 4.71. The van der Waals surface area contributed by atoms with Gasteiger partial charge in [-0.2, -0.15) is 5.26 Å². The fraction of sp³-hybridized carbons (Fsp3) is 0.235. The van der Waals surface area contributed by atoms with E-state index in [0.29, 0.717) is 13.1 Å². The maximum atomic E-state index is 10.2. The van der Waals surface area contributed by atoms with Gasteiger partial charge in [-0.15, -0.1) is 0 Å². The highest BCUT2D eigenvalue weighted by molar-refractivity contribution is 5.20. The molecule has 0 aliphatic rings. The third kappa shape index (κ3) is 3.92. The van der Waals surface area contributed by atoms with Gasteiger partial charge in [-0.25, -0.2) is 0 Å². The summed E-state index contributed by atoms with van der Waals surface area (Å²) in [5, 5.41) is 22.6. The van der Waals surface area contributed by atoms with Crippen molar-refractivity contribution in [3.05, 3.63) is 71.8 Å². The molecule has 0 spiro atoms. The Hall–Kier alpha value is -2.15. The normalized spacial score (nSPS) is 13.4. The third-order valence-electron chi connectivity index (χ3n) is 3.22. The van der Waals surface area contributed by atoms with Crippen molar-refractivity contribution in [2.75, 3.05) is 6.54 Å². The van der Waals surface area contributed by atoms with Crippen molar-refractivity contribution in [3.63, 3.8) is 0 Å². The van der Waals surface area contributed by atoms with Crippen molar-refractivity contribution < 1.29 is 5.11 Å². The number of nitrogens with one attached hydrogen (secondary N) is 1. The molecular weight excluding hydrogens is 248 g/mol. The summed E-state index contributed by atoms with van der Waals surface area (Å²) in [6.07, 6.45) is -0.760. The Bertz CT molecular complexity index is 548. The summed E-state index contributed by atoms with van der Waals surface area (Å²) in [5.41, 5.74) is 1.94. The van der Waals surface area contributed by atoms with Crippen molar-refractivity contribution in [2.45, 2.75) is 12.6 Å². The van der Waals surface area contributed by atoms with Gasteiger partial charge in [-0.05, 0) is 11.1 Å². The van der Waals surface area contributed by atoms with Crippen LogP contribution in [0.1, 0.15) is 17.2 Å². The average molecular weight is 266 g/mol. The van der Waals surface area contributed by atoms with Gasteiger partial charge in [0.25, 0.3) is 0 Å². The second-order valence-corrected chi connectivity index (χ2v) is 4.71. The van der Waals surface area contributed by atoms with Gasteiger partial charge in [0.1, 0.15) is 0 Å². The quantitative estimate of drug-likeness (QED) is 0.845. The lowest BCUT2D eigenvalue weighted by Crippen LogP contribution is -2.26. The predicted molar refractivity (Wildman–Crippen MR) is 78.7 cm³/mol. The number of aliphatic hydroxyl groups excluding tert-OH is 1. The molecule has 0 saturated heterocycles. The maximum absolute atomic E-state index is 10.2. The Morgan fingerprint density at radius 1 is 1.00 bits per heavy atom. The van der Waals surface area contributed by atoms with Crippen molar-refractivity contribution in [2.24, 2.45) is 5.92 Å². The first-order chi connectivity index (χ1) is 9.81. The largest absolute Gasteiger partial charge is 0.387 e. The molecule has 3 heteroatoms. The van der Waals surface area contributed by atoms with E-state index in [2.05, 4.69) is 11.4 Å². The van der Waals surface area contributed by atoms with E-state index in [4.69, 9.17) is 0 Å². The van der Waals surface area contributed by atoms with Crippen molar-refractivity contribution in [1.29, 1.82) is 5.26 Å². The summed E-state index contributed by atoms with van der Waals surface area (Å²) in [6, 6.07) is 21.5. The summed E-state index contributed by atoms with van der Waals surface area (Å²) in [6.45, 7) is 1.15. The van der Waals surface area contributed by atoms with Crippen LogP contribution in [0.3, 0.4) is 0 Å². The van der Waals surface area contributed by atoms with Crippen molar-refractivity contribution in [1.82, 2.24) is 5.32 Å². The molecule has 0 radical (unpaired) electrons. The van der Waals surface area contributed by atoms with E-state index < -0.39 is 12.0 Å². The molecule has 0 aliphatic heterocycles. The lowest BCUT2D eigenvalue weighted by Gasteiger charge is -2.17. The number of hydrogen-bond donors (Lipinski definition) is 2. The Balaban J connectivity index is 1.88. The van der Waals surface area contributed by atoms with E-state index in [9.17, 15) is 10.4 Å². The van der Waals surface area contributed by atoms with Crippen LogP contribution in [0.15, 0.2) is 60.7 Å². The lowest BCUT2D eigenvalue weighted by molar-refractivity contribution is 0.133. The van der Waals surface area contributed by atoms with E-state index in [1.165, 1.54) is 5.56 Å². The molecule has 0 bridgehead atoms. The minimum Gasteiger partial charge on any atom is -0.387 e. The molecule has 3 nitrogen and oxygen atoms in total. The molecule has 0 amide bonds. The van der Waals surface area contributed by atoms with E-state index in [0.717, 1.165) is 5.56 Å². The molecule has 2 aromatic carbocycles. The zero-order valence-corrected chi connectivity index (χ0v) is 11.2. The summed E-state index contributed by atoms with van der Waals surface area (Å²) in [7, 11) is 0. The summed E-state index contributed by atoms with van der Waals surface area (Å²) >= 11 is 0. The van der Waals surface area contributed by atoms with Gasteiger partial charge in [0.2, 0.25) is 0 Å². The highest BCUT2D eigenvalue weighted by Crippen LogP contribution is 2.20. The summed E-state index contributed by atoms with van der Waals surface area (Å²) in [4.78, 5) is 0. The lowest BCUT2D eigenvalue weighted by atomic mass is 9.97. The van der Waals surface area contributed by atoms with Gasteiger partial charge >= 0.3 is 0 Å². The van der Waals surface area contributed by atoms with Crippen LogP contribution in [0.4, 0.5) is 0 Å². The first-order valence-corrected chi connectivity index (χ1v) is 6.68. The summed E-state index contributed by atoms with van der Waals surface area (Å²) < 4.78 is 0. The first-order valence-electron chi connectivity index (χ1n) is 6.68. The number of aliphatic hydroxyl groups is 1. The molecule has 20 heavy (non-hydrogen) atoms. The average Bonchev–Trinajstić information content (AvgIpc) is 2.53. The van der Waals surface area contributed by atoms with Crippen LogP contribution < -0.4 is 5.32 Å². The topological polar surface area (TPSA) is 56.0 Å². The minimum absolute atomic E-state index is 0.457. The summed E-state index contributed by atoms with van der Waals surface area (Å²) in [5.74, 6) is -0.457. The molecule has 0 aliphatic carbocycles. The van der Waals surface area contributed by atoms with Crippen LogP contribution in [0.2, 0.25) is 0 Å². The maximum Gasteiger partial charge on any atom is 0.0960 e. The number of rotatable bonds is 6. The third-order valence-corrected chi connectivity index (χ3v) is 3.22. The van der Waals surface area contributed by atoms with Gasteiger partial charge in [-0.3, -0.25) is 0 Å². The van der Waals surface area contributed by atoms with E-state index in [1.807, 2.05) is 60.7 Å². The number of nitriles is 1. The van der Waals surface area contributed by atoms with Gasteiger partial charge in [-0.1, -0.05) is 60.7 Å². The Kier molecular flexibility index (Phi) is 5.31. The van der Waals surface area contributed by atoms with Gasteiger partial charge in [0.05, 0.1) is 18.1 Å². The molecule has 2 atom stereocenters. The molecule has 0 heterocycles. The van der Waals surface area contributed by atoms with E-state index >= 15 is 0 Å². The number of nitrogens with zero attached hydrogens (tertiary/aromatic N) is 1. The van der Waals surface area contributed by atoms with Crippen LogP contribution in [0, 0.1) is 17.2 Å². The molecular formula is C17H18N2O. The molecule has 0 aromatic heterocycles. The fourth-order valence-electron chi connectivity index (χ4n) is 2.08. The Morgan fingerprint density at radius 3 is 2.20 bits per heavy atom. The van der Waals surface area contributed by atoms with Crippen LogP contribution in [-0.2, 0) is 6.54 Å². The molecule has 2 N–H and O–H groups in total. The molecule has 102 valence electrons. The second kappa shape index (κ2) is 7.44. The van der Waals surface area contributed by atoms with Crippen LogP contribution in [-0.4, -0.2) is 11.7 Å². The highest BCUT2D eigenvalue weighted by atomic mass is 16.3. The molecule has 2 rings (SSSR count). The standard InChI is InChI=1S/C17H18N2O/c18-11-16(17(20)15-9-5-2-6-10-15)13-19-12-14-7-3-1-4-8-14/h1-10,16-17,19-20H,12-13H2. The molecule has 2 unspecified atom stereocenters. The zero-order valence-electron chi connectivity index (χ0n) is 11.2. The van der Waals surface area contributed by atoms with Gasteiger partial charge in [0, 0.05) is 13.1 Å². The Morgan fingerprint density at radius 2 is 1.60 bits per heavy atom. The monoisotopic (exact) mass is 266 g/mol. The SMILES string of the molecule is N#CC(CNCc1ccccc1)C(O)c1ccccc1. The van der Waals surface area contributed by atoms with Crippen molar-refractivity contribution >= 4 is 0 Å². The number of hydrogen-bond acceptors (Lipinski definition) is 3. The van der Waals surface area contributed by atoms with Crippen LogP contribution in [0.5, 0.6) is 0 Å². The Labute approximate surface area is 119 Å². The molecule has 0 saturated carbocycles. The van der Waals surface area contributed by atoms with Crippen LogP contribution in [0.25, 0.3) is 0 Å². The predicted octanol–water partition coefficient (Wildman–Crippen LogP) is 2.65. The molecule has 0 fully saturated rings.